The molecule has 0 aliphatic carbocycles. The monoisotopic (exact) mass is 642 g/mol. The van der Waals surface area contributed by atoms with Gasteiger partial charge in [0.15, 0.2) is 11.5 Å². The second-order valence-electron chi connectivity index (χ2n) is 14.9. The summed E-state index contributed by atoms with van der Waals surface area (Å²) in [6, 6.07) is 4.57. The van der Waals surface area contributed by atoms with E-state index in [0.29, 0.717) is 18.3 Å². The minimum atomic E-state index is -0.0180. The van der Waals surface area contributed by atoms with Crippen LogP contribution in [0.2, 0.25) is 0 Å². The van der Waals surface area contributed by atoms with Gasteiger partial charge in [0.25, 0.3) is 0 Å². The van der Waals surface area contributed by atoms with Crippen LogP contribution in [0.3, 0.4) is 0 Å². The minimum absolute atomic E-state index is 0.00234. The fourth-order valence-electron chi connectivity index (χ4n) is 7.96. The number of hydrogen-bond donors (Lipinski definition) is 0. The predicted octanol–water partition coefficient (Wildman–Crippen LogP) is 11.4. The average molecular weight is 642 g/mol. The van der Waals surface area contributed by atoms with Gasteiger partial charge in [-0.05, 0) is 48.4 Å². The lowest BCUT2D eigenvalue weighted by Crippen LogP contribution is -2.49. The highest BCUT2D eigenvalue weighted by molar-refractivity contribution is 5.69. The second-order valence-corrected chi connectivity index (χ2v) is 14.9. The molecule has 0 bridgehead atoms. The maximum atomic E-state index is 13.0. The Morgan fingerprint density at radius 3 is 1.76 bits per heavy atom. The Balaban J connectivity index is 1.27. The lowest BCUT2D eigenvalue weighted by Gasteiger charge is -2.47. The van der Waals surface area contributed by atoms with Gasteiger partial charge < -0.3 is 14.2 Å². The van der Waals surface area contributed by atoms with Crippen molar-refractivity contribution in [3.8, 4) is 11.5 Å². The van der Waals surface area contributed by atoms with E-state index in [-0.39, 0.29) is 18.1 Å². The summed E-state index contributed by atoms with van der Waals surface area (Å²) in [5.74, 6) is 2.56. The third-order valence-electron chi connectivity index (χ3n) is 10.6. The number of methoxy groups -OCH3 is 2. The molecule has 264 valence electrons. The van der Waals surface area contributed by atoms with Crippen molar-refractivity contribution in [3.63, 3.8) is 0 Å². The molecule has 2 aliphatic heterocycles. The first-order chi connectivity index (χ1) is 22.5. The number of unbranched alkanes of at least 4 members (excludes halogenated alkanes) is 18. The molecule has 2 aliphatic rings. The van der Waals surface area contributed by atoms with Crippen molar-refractivity contribution >= 4 is 5.97 Å². The van der Waals surface area contributed by atoms with Gasteiger partial charge in [-0.15, -0.1) is 0 Å². The quantitative estimate of drug-likeness (QED) is 0.0785. The number of fused-ring (bicyclic) bond motifs is 3. The van der Waals surface area contributed by atoms with Gasteiger partial charge >= 0.3 is 5.97 Å². The van der Waals surface area contributed by atoms with Crippen LogP contribution in [0.1, 0.15) is 179 Å². The van der Waals surface area contributed by atoms with Gasteiger partial charge in [-0.1, -0.05) is 136 Å². The normalized spacial score (nSPS) is 19.6. The van der Waals surface area contributed by atoms with Gasteiger partial charge in [0.05, 0.1) is 14.2 Å². The molecule has 5 nitrogen and oxygen atoms in total. The smallest absolute Gasteiger partial charge is 0.306 e. The highest BCUT2D eigenvalue weighted by Gasteiger charge is 2.41. The van der Waals surface area contributed by atoms with Crippen LogP contribution in [0.25, 0.3) is 0 Å². The lowest BCUT2D eigenvalue weighted by molar-refractivity contribution is -0.157. The number of benzene rings is 1. The summed E-state index contributed by atoms with van der Waals surface area (Å²) in [6.07, 6.45) is 29.4. The van der Waals surface area contributed by atoms with E-state index in [1.807, 2.05) is 0 Å². The molecule has 1 aromatic carbocycles. The van der Waals surface area contributed by atoms with E-state index >= 15 is 0 Å². The van der Waals surface area contributed by atoms with E-state index in [9.17, 15) is 4.79 Å². The molecule has 0 radical (unpaired) electrons. The van der Waals surface area contributed by atoms with Crippen LogP contribution >= 0.6 is 0 Å². The summed E-state index contributed by atoms with van der Waals surface area (Å²) >= 11 is 0. The first-order valence-electron chi connectivity index (χ1n) is 19.6. The molecule has 1 saturated heterocycles. The van der Waals surface area contributed by atoms with Gasteiger partial charge in [-0.3, -0.25) is 9.69 Å². The molecular formula is C41H71NO4. The Labute approximate surface area is 283 Å². The number of ether oxygens (including phenoxy) is 3. The molecule has 0 unspecified atom stereocenters. The van der Waals surface area contributed by atoms with Crippen LogP contribution < -0.4 is 9.47 Å². The van der Waals surface area contributed by atoms with Crippen LogP contribution in [-0.2, 0) is 16.0 Å². The first kappa shape index (κ1) is 38.7. The maximum absolute atomic E-state index is 13.0. The molecule has 5 heteroatoms. The highest BCUT2D eigenvalue weighted by Crippen LogP contribution is 2.44. The van der Waals surface area contributed by atoms with Crippen LogP contribution in [0, 0.1) is 11.8 Å². The molecule has 1 aromatic rings. The third kappa shape index (κ3) is 13.8. The van der Waals surface area contributed by atoms with Crippen molar-refractivity contribution in [1.29, 1.82) is 0 Å². The number of rotatable bonds is 25. The number of carbonyl (C=O) groups excluding carboxylic acids is 1. The molecule has 46 heavy (non-hydrogen) atoms. The van der Waals surface area contributed by atoms with E-state index in [0.717, 1.165) is 56.7 Å². The molecule has 3 atom stereocenters. The van der Waals surface area contributed by atoms with Gasteiger partial charge in [-0.25, -0.2) is 0 Å². The van der Waals surface area contributed by atoms with Crippen LogP contribution in [0.5, 0.6) is 11.5 Å². The summed E-state index contributed by atoms with van der Waals surface area (Å²) in [6.45, 7) is 8.90. The van der Waals surface area contributed by atoms with E-state index in [1.54, 1.807) is 14.2 Å². The lowest BCUT2D eigenvalue weighted by atomic mass is 9.79. The van der Waals surface area contributed by atoms with Crippen LogP contribution in [-0.4, -0.2) is 44.3 Å². The molecule has 0 spiro atoms. The van der Waals surface area contributed by atoms with E-state index < -0.39 is 0 Å². The van der Waals surface area contributed by atoms with Crippen molar-refractivity contribution in [2.45, 2.75) is 181 Å². The molecule has 0 aromatic heterocycles. The molecule has 0 N–H and O–H groups in total. The Hall–Kier alpha value is -1.75. The van der Waals surface area contributed by atoms with Crippen molar-refractivity contribution in [3.05, 3.63) is 23.3 Å². The van der Waals surface area contributed by atoms with Crippen molar-refractivity contribution in [2.24, 2.45) is 11.8 Å². The minimum Gasteiger partial charge on any atom is -0.493 e. The largest absolute Gasteiger partial charge is 0.493 e. The molecule has 2 heterocycles. The van der Waals surface area contributed by atoms with Crippen LogP contribution in [0.4, 0.5) is 0 Å². The van der Waals surface area contributed by atoms with Crippen molar-refractivity contribution in [1.82, 2.24) is 4.90 Å². The number of esters is 1. The third-order valence-corrected chi connectivity index (χ3v) is 10.6. The van der Waals surface area contributed by atoms with Crippen molar-refractivity contribution in [2.75, 3.05) is 27.3 Å². The summed E-state index contributed by atoms with van der Waals surface area (Å²) in [5.41, 5.74) is 2.65. The van der Waals surface area contributed by atoms with Gasteiger partial charge in [0.1, 0.15) is 6.10 Å². The molecule has 0 amide bonds. The first-order valence-corrected chi connectivity index (χ1v) is 19.6. The zero-order valence-electron chi connectivity index (χ0n) is 30.7. The van der Waals surface area contributed by atoms with Crippen LogP contribution in [0.15, 0.2) is 12.1 Å². The Morgan fingerprint density at radius 2 is 1.26 bits per heavy atom. The topological polar surface area (TPSA) is 48.0 Å². The number of nitrogens with zero attached hydrogens (tertiary/aromatic N) is 1. The highest BCUT2D eigenvalue weighted by atomic mass is 16.5. The fourth-order valence-corrected chi connectivity index (χ4v) is 7.96. The van der Waals surface area contributed by atoms with Gasteiger partial charge in [-0.2, -0.15) is 0 Å². The number of piperidine rings is 1. The molecule has 3 rings (SSSR count). The standard InChI is InChI=1S/C41H71NO4/c1-6-7-8-9-10-11-12-13-14-15-16-17-18-19-20-21-22-23-24-25-41(43)46-38-31-37-36-30-40(45-5)39(44-4)29-34(36)26-27-42(37)32-35(38)28-33(2)3/h29-30,33,35,37-38H,6-28,31-32H2,1-5H3/t35-,37-,38-/m1/s1. The van der Waals surface area contributed by atoms with E-state index in [4.69, 9.17) is 14.2 Å². The Kier molecular flexibility index (Phi) is 19.1. The number of carbonyl (C=O) groups is 1. The molecular weight excluding hydrogens is 570 g/mol. The second kappa shape index (κ2) is 22.8. The maximum Gasteiger partial charge on any atom is 0.306 e. The summed E-state index contributed by atoms with van der Waals surface area (Å²) < 4.78 is 17.5. The van der Waals surface area contributed by atoms with Crippen molar-refractivity contribution < 1.29 is 19.0 Å². The summed E-state index contributed by atoms with van der Waals surface area (Å²) in [7, 11) is 3.41. The predicted molar refractivity (Wildman–Crippen MR) is 193 cm³/mol. The SMILES string of the molecule is CCCCCCCCCCCCCCCCCCCCCC(=O)O[C@@H]1C[C@@H]2c3cc(OC)c(OC)cc3CCN2C[C@H]1CC(C)C. The fraction of sp³-hybridized carbons (Fsp3) is 0.829. The van der Waals surface area contributed by atoms with Gasteiger partial charge in [0, 0.05) is 37.9 Å². The van der Waals surface area contributed by atoms with E-state index in [1.165, 1.54) is 120 Å². The Bertz CT molecular complexity index is 962. The number of hydrogen-bond acceptors (Lipinski definition) is 5. The molecule has 1 fully saturated rings. The summed E-state index contributed by atoms with van der Waals surface area (Å²) in [4.78, 5) is 15.7. The zero-order chi connectivity index (χ0) is 33.0. The van der Waals surface area contributed by atoms with E-state index in [2.05, 4.69) is 37.8 Å². The molecule has 0 saturated carbocycles. The van der Waals surface area contributed by atoms with Gasteiger partial charge in [0.2, 0.25) is 0 Å². The average Bonchev–Trinajstić information content (AvgIpc) is 3.05. The summed E-state index contributed by atoms with van der Waals surface area (Å²) in [5, 5.41) is 0. The zero-order valence-corrected chi connectivity index (χ0v) is 30.7. The Morgan fingerprint density at radius 1 is 0.761 bits per heavy atom.